The topological polar surface area (TPSA) is 134 Å². The van der Waals surface area contributed by atoms with Crippen molar-refractivity contribution in [1.82, 2.24) is 14.5 Å². The fraction of sp³-hybridized carbons (Fsp3) is 0.458. The Bertz CT molecular complexity index is 2030. The summed E-state index contributed by atoms with van der Waals surface area (Å²) >= 11 is 0. The van der Waals surface area contributed by atoms with Gasteiger partial charge in [0.25, 0.3) is 0 Å². The molecule has 0 spiro atoms. The molecule has 0 radical (unpaired) electrons. The zero-order valence-electron chi connectivity index (χ0n) is 35.0. The van der Waals surface area contributed by atoms with E-state index in [0.717, 1.165) is 80.2 Å². The fourth-order valence-electron chi connectivity index (χ4n) is 8.13. The van der Waals surface area contributed by atoms with Crippen molar-refractivity contribution in [3.8, 4) is 5.75 Å². The molecule has 1 aliphatic heterocycles. The number of nitrogens with one attached hydrogen (secondary N) is 1. The lowest BCUT2D eigenvalue weighted by atomic mass is 9.77. The second-order valence-corrected chi connectivity index (χ2v) is 15.7. The molecular weight excluding hydrogens is 745 g/mol. The Labute approximate surface area is 348 Å². The number of carbonyl (C=O) groups excluding carboxylic acids is 2. The van der Waals surface area contributed by atoms with Crippen LogP contribution in [0.25, 0.3) is 11.0 Å². The number of hydrogen-bond donors (Lipinski definition) is 2. The highest BCUT2D eigenvalue weighted by Crippen LogP contribution is 2.44. The number of unbranched alkanes of at least 4 members (excludes halogenated alkanes) is 8. The summed E-state index contributed by atoms with van der Waals surface area (Å²) in [4.78, 5) is 35.6. The minimum absolute atomic E-state index is 0.172. The van der Waals surface area contributed by atoms with Gasteiger partial charge in [0.15, 0.2) is 12.3 Å². The number of esters is 2. The van der Waals surface area contributed by atoms with Gasteiger partial charge in [0.2, 0.25) is 0 Å². The van der Waals surface area contributed by atoms with E-state index in [1.807, 2.05) is 66.7 Å². The monoisotopic (exact) mass is 804 g/mol. The van der Waals surface area contributed by atoms with Gasteiger partial charge in [-0.3, -0.25) is 9.59 Å². The predicted molar refractivity (Wildman–Crippen MR) is 229 cm³/mol. The molecule has 0 saturated carbocycles. The van der Waals surface area contributed by atoms with E-state index in [1.165, 1.54) is 6.33 Å². The van der Waals surface area contributed by atoms with Gasteiger partial charge in [0.05, 0.1) is 12.5 Å². The quantitative estimate of drug-likeness (QED) is 0.0396. The van der Waals surface area contributed by atoms with Crippen LogP contribution in [0.5, 0.6) is 5.75 Å². The average molecular weight is 805 g/mol. The van der Waals surface area contributed by atoms with E-state index in [-0.39, 0.29) is 25.4 Å². The molecule has 4 atom stereocenters. The van der Waals surface area contributed by atoms with Gasteiger partial charge in [-0.2, -0.15) is 0 Å². The lowest BCUT2D eigenvalue weighted by Gasteiger charge is -2.37. The number of ether oxygens (including phenoxy) is 4. The molecule has 2 aromatic heterocycles. The van der Waals surface area contributed by atoms with Gasteiger partial charge in [-0.1, -0.05) is 138 Å². The predicted octanol–water partition coefficient (Wildman–Crippen LogP) is 9.67. The Kier molecular flexibility index (Phi) is 15.1. The van der Waals surface area contributed by atoms with Crippen LogP contribution < -0.4 is 10.1 Å². The first-order valence-electron chi connectivity index (χ1n) is 21.3. The largest absolute Gasteiger partial charge is 0.497 e. The van der Waals surface area contributed by atoms with E-state index in [1.54, 1.807) is 24.8 Å². The van der Waals surface area contributed by atoms with Crippen molar-refractivity contribution < 1.29 is 33.6 Å². The van der Waals surface area contributed by atoms with Crippen molar-refractivity contribution >= 4 is 28.8 Å². The van der Waals surface area contributed by atoms with Crippen molar-refractivity contribution in [2.45, 2.75) is 127 Å². The molecule has 1 aliphatic rings. The van der Waals surface area contributed by atoms with Gasteiger partial charge in [-0.05, 0) is 54.7 Å². The number of methoxy groups -OCH3 is 1. The molecule has 11 heteroatoms. The van der Waals surface area contributed by atoms with Gasteiger partial charge < -0.3 is 33.9 Å². The van der Waals surface area contributed by atoms with Crippen LogP contribution in [0, 0.1) is 0 Å². The number of aromatic nitrogens is 3. The van der Waals surface area contributed by atoms with Crippen molar-refractivity contribution in [2.24, 2.45) is 0 Å². The fourth-order valence-corrected chi connectivity index (χ4v) is 8.13. The first-order chi connectivity index (χ1) is 28.7. The Hall–Kier alpha value is -5.26. The van der Waals surface area contributed by atoms with E-state index in [2.05, 4.69) is 43.4 Å². The third-order valence-corrected chi connectivity index (χ3v) is 11.4. The van der Waals surface area contributed by atoms with E-state index >= 15 is 0 Å². The van der Waals surface area contributed by atoms with Crippen LogP contribution in [0.1, 0.15) is 121 Å². The Morgan fingerprint density at radius 3 is 1.95 bits per heavy atom. The van der Waals surface area contributed by atoms with Crippen molar-refractivity contribution in [1.29, 1.82) is 0 Å². The maximum Gasteiger partial charge on any atom is 0.306 e. The lowest BCUT2D eigenvalue weighted by molar-refractivity contribution is -0.165. The van der Waals surface area contributed by atoms with E-state index in [4.69, 9.17) is 28.9 Å². The summed E-state index contributed by atoms with van der Waals surface area (Å²) in [6.07, 6.45) is 10.6. The van der Waals surface area contributed by atoms with Crippen LogP contribution in [-0.2, 0) is 29.3 Å². The lowest BCUT2D eigenvalue weighted by Crippen LogP contribution is -2.47. The summed E-state index contributed by atoms with van der Waals surface area (Å²) in [6, 6.07) is 30.3. The van der Waals surface area contributed by atoms with Crippen LogP contribution in [0.4, 0.5) is 5.82 Å². The molecule has 59 heavy (non-hydrogen) atoms. The highest BCUT2D eigenvalue weighted by molar-refractivity contribution is 5.88. The van der Waals surface area contributed by atoms with Crippen LogP contribution in [-0.4, -0.2) is 63.1 Å². The first-order valence-corrected chi connectivity index (χ1v) is 21.3. The number of fused-ring (bicyclic) bond motifs is 1. The van der Waals surface area contributed by atoms with Gasteiger partial charge in [-0.25, -0.2) is 9.97 Å². The molecule has 11 nitrogen and oxygen atoms in total. The molecule has 3 heterocycles. The molecule has 1 saturated heterocycles. The molecule has 5 aromatic rings. The molecule has 0 amide bonds. The van der Waals surface area contributed by atoms with Crippen LogP contribution in [0.2, 0.25) is 0 Å². The first kappa shape index (κ1) is 43.3. The molecule has 3 aromatic carbocycles. The molecule has 0 unspecified atom stereocenters. The number of aliphatic hydroxyl groups is 1. The number of nitrogens with zero attached hydrogens (tertiary/aromatic N) is 3. The van der Waals surface area contributed by atoms with Crippen molar-refractivity contribution in [3.63, 3.8) is 0 Å². The Morgan fingerprint density at radius 1 is 0.780 bits per heavy atom. The average Bonchev–Trinajstić information content (AvgIpc) is 3.80. The summed E-state index contributed by atoms with van der Waals surface area (Å²) < 4.78 is 25.5. The second-order valence-electron chi connectivity index (χ2n) is 15.7. The van der Waals surface area contributed by atoms with Crippen LogP contribution in [0.15, 0.2) is 104 Å². The highest BCUT2D eigenvalue weighted by Gasteiger charge is 2.56. The SMILES string of the molecule is CCCCCCCC(=O)OC[C@H]1O[C@@H](n2ccc3c(NC(c4ccccc4)(c4ccccc4)c4ccc(OC)cc4)ncnc32)[C@](C)(O)[C@@H]1OC(=O)CCCCCCC. The summed E-state index contributed by atoms with van der Waals surface area (Å²) in [6.45, 7) is 5.72. The van der Waals surface area contributed by atoms with Crippen molar-refractivity contribution in [3.05, 3.63) is 120 Å². The highest BCUT2D eigenvalue weighted by atomic mass is 16.6. The zero-order valence-corrected chi connectivity index (χ0v) is 35.0. The smallest absolute Gasteiger partial charge is 0.306 e. The number of rotatable bonds is 22. The summed E-state index contributed by atoms with van der Waals surface area (Å²) in [7, 11) is 1.65. The van der Waals surface area contributed by atoms with Gasteiger partial charge in [0.1, 0.15) is 47.4 Å². The maximum atomic E-state index is 13.3. The molecule has 314 valence electrons. The maximum absolute atomic E-state index is 13.3. The molecule has 0 aliphatic carbocycles. The summed E-state index contributed by atoms with van der Waals surface area (Å²) in [5, 5.41) is 16.8. The number of anilines is 1. The Balaban J connectivity index is 1.33. The van der Waals surface area contributed by atoms with E-state index < -0.39 is 35.5 Å². The third kappa shape index (κ3) is 10.1. The van der Waals surface area contributed by atoms with E-state index in [0.29, 0.717) is 23.3 Å². The minimum atomic E-state index is -1.72. The van der Waals surface area contributed by atoms with Crippen LogP contribution >= 0.6 is 0 Å². The number of carbonyl (C=O) groups is 2. The second kappa shape index (κ2) is 20.6. The van der Waals surface area contributed by atoms with Crippen LogP contribution in [0.3, 0.4) is 0 Å². The van der Waals surface area contributed by atoms with Gasteiger partial charge in [-0.15, -0.1) is 0 Å². The number of hydrogen-bond acceptors (Lipinski definition) is 10. The minimum Gasteiger partial charge on any atom is -0.497 e. The van der Waals surface area contributed by atoms with Gasteiger partial charge >= 0.3 is 11.9 Å². The molecule has 0 bridgehead atoms. The summed E-state index contributed by atoms with van der Waals surface area (Å²) in [5.74, 6) is 0.512. The molecule has 2 N–H and O–H groups in total. The zero-order chi connectivity index (χ0) is 41.7. The normalized spacial score (nSPS) is 19.1. The Morgan fingerprint density at radius 2 is 1.36 bits per heavy atom. The molecule has 1 fully saturated rings. The van der Waals surface area contributed by atoms with E-state index in [9.17, 15) is 14.7 Å². The summed E-state index contributed by atoms with van der Waals surface area (Å²) in [5.41, 5.74) is 0.783. The molecular formula is C48H60N4O7. The van der Waals surface area contributed by atoms with Gasteiger partial charge in [0, 0.05) is 19.0 Å². The van der Waals surface area contributed by atoms with Crippen molar-refractivity contribution in [2.75, 3.05) is 19.0 Å². The molecule has 6 rings (SSSR count). The third-order valence-electron chi connectivity index (χ3n) is 11.4. The number of benzene rings is 3. The standard InChI is InChI=1S/C48H60N4O7/c1-5-7-9-11-19-25-41(53)57-33-40-43(59-42(54)26-20-12-10-8-6-2)47(3,55)46(58-40)52-32-31-39-44(49-34-50-45(39)52)51-48(35-21-15-13-16-22-35,36-23-17-14-18-24-36)37-27-29-38(56-4)30-28-37/h13-18,21-24,27-32,34,40,43,46,55H,5-12,19-20,25-26,33H2,1-4H3,(H,49,50,51)/t40-,43-,46-,47-/m1/s1.